The first-order valence-corrected chi connectivity index (χ1v) is 18.7. The number of aryl methyl sites for hydroxylation is 2. The molecule has 4 aromatic heterocycles. The molecule has 0 saturated carbocycles. The average Bonchev–Trinajstić information content (AvgIpc) is 3.60. The quantitative estimate of drug-likeness (QED) is 0.0583. The van der Waals surface area contributed by atoms with Gasteiger partial charge in [-0.25, -0.2) is 29.9 Å². The molecule has 0 bridgehead atoms. The van der Waals surface area contributed by atoms with Gasteiger partial charge in [-0.05, 0) is 47.6 Å². The molecule has 0 aliphatic carbocycles. The number of nitrogens with zero attached hydrogens (tertiary/aromatic N) is 5. The molecular formula is C26H23Cl4N8NaO11S3. The molecule has 0 fully saturated rings. The largest absolute Gasteiger partial charge is 1.00 e. The van der Waals surface area contributed by atoms with Crippen LogP contribution in [0.25, 0.3) is 22.3 Å². The van der Waals surface area contributed by atoms with E-state index in [2.05, 4.69) is 31.8 Å². The van der Waals surface area contributed by atoms with Gasteiger partial charge in [0.25, 0.3) is 20.2 Å². The Morgan fingerprint density at radius 1 is 0.736 bits per heavy atom. The summed E-state index contributed by atoms with van der Waals surface area (Å²) in [5.41, 5.74) is -0.166. The number of aromatic amines is 3. The Balaban J connectivity index is 0.000000309. The van der Waals surface area contributed by atoms with Crippen LogP contribution >= 0.6 is 58.0 Å². The van der Waals surface area contributed by atoms with E-state index in [1.54, 1.807) is 48.0 Å². The zero-order valence-corrected chi connectivity index (χ0v) is 34.5. The molecule has 4 heterocycles. The Hall–Kier alpha value is -3.10. The topological polar surface area (TPSA) is 280 Å². The third-order valence-electron chi connectivity index (χ3n) is 6.74. The molecule has 6 rings (SSSR count). The second-order valence-corrected chi connectivity index (χ2v) is 14.8. The summed E-state index contributed by atoms with van der Waals surface area (Å²) >= 11 is 20.3. The molecule has 6 aromatic rings. The number of aromatic nitrogens is 8. The van der Waals surface area contributed by atoms with Crippen molar-refractivity contribution in [3.8, 4) is 0 Å². The fraction of sp³-hybridized carbons (Fsp3) is 0.154. The first-order valence-electron chi connectivity index (χ1n) is 13.6. The number of halogens is 4. The summed E-state index contributed by atoms with van der Waals surface area (Å²) in [5, 5.41) is 0.641. The van der Waals surface area contributed by atoms with Gasteiger partial charge in [0, 0.05) is 34.8 Å². The molecule has 0 unspecified atom stereocenters. The maximum atomic E-state index is 12.2. The Morgan fingerprint density at radius 2 is 1.13 bits per heavy atom. The van der Waals surface area contributed by atoms with Crippen LogP contribution in [0, 0.1) is 4.77 Å². The number of hydrogen-bond donors (Lipinski definition) is 5. The number of benzene rings is 2. The maximum absolute atomic E-state index is 12.2. The van der Waals surface area contributed by atoms with Crippen LogP contribution in [0.5, 0.6) is 0 Å². The number of hydrogen-bond acceptors (Lipinski definition) is 11. The second kappa shape index (κ2) is 19.0. The van der Waals surface area contributed by atoms with E-state index in [4.69, 9.17) is 68.3 Å². The van der Waals surface area contributed by atoms with Crippen LogP contribution < -0.4 is 56.7 Å². The standard InChI is InChI=1S/C13H10Cl2N4O4S.C13H11ClN4O2S.ClO.Na.H2O4S/c1-18-10-9(11(20)17-12(18)21)19(13(16-10)24(15,22)23)6-7-2-4-8(14)5-3-7;1-17-10-9(11(19)16-12(17)20)18(13(21)15-10)6-7-2-4-8(14)5-3-7;1-2;;1-5(2,3)4/h2-5H,6H2,1H3,(H,17,20,21);2-5H,6H2,1H3,(H,15,21)(H,16,19,20);;;(H2,1,2,3,4)/q;;-1;+1;. The van der Waals surface area contributed by atoms with Crippen molar-refractivity contribution >= 4 is 99.7 Å². The van der Waals surface area contributed by atoms with E-state index < -0.39 is 47.1 Å². The summed E-state index contributed by atoms with van der Waals surface area (Å²) in [7, 11) is -0.534. The zero-order valence-electron chi connectivity index (χ0n) is 27.1. The average molecular weight is 885 g/mol. The molecule has 0 amide bonds. The number of imidazole rings is 2. The number of H-pyrrole nitrogens is 3. The third-order valence-corrected chi connectivity index (χ3v) is 8.73. The SMILES string of the molecule is Cn1c(=O)[nH]c(=O)c2c1[nH]c(=S)n2Cc1ccc(Cl)cc1.Cn1c(=O)[nH]c(=O)c2c1nc(S(=O)(=O)Cl)n2Cc1ccc(Cl)cc1.O=S(=O)(O)O.[Na+].[O-]Cl. The molecule has 5 N–H and O–H groups in total. The van der Waals surface area contributed by atoms with Crippen LogP contribution in [0.15, 0.2) is 72.9 Å². The Morgan fingerprint density at radius 3 is 1.57 bits per heavy atom. The summed E-state index contributed by atoms with van der Waals surface area (Å²) in [6, 6.07) is 13.9. The van der Waals surface area contributed by atoms with E-state index in [0.717, 1.165) is 14.7 Å². The van der Waals surface area contributed by atoms with Crippen molar-refractivity contribution < 1.29 is 60.2 Å². The van der Waals surface area contributed by atoms with Gasteiger partial charge in [0.15, 0.2) is 21.5 Å². The van der Waals surface area contributed by atoms with Gasteiger partial charge >= 0.3 is 51.3 Å². The zero-order chi connectivity index (χ0) is 39.3. The monoisotopic (exact) mass is 882 g/mol. The van der Waals surface area contributed by atoms with Crippen LogP contribution in [0.4, 0.5) is 0 Å². The predicted octanol–water partition coefficient (Wildman–Crippen LogP) is -1.31. The van der Waals surface area contributed by atoms with Gasteiger partial charge in [0.2, 0.25) is 5.16 Å². The fourth-order valence-corrected chi connectivity index (χ4v) is 5.99. The van der Waals surface area contributed by atoms with Crippen LogP contribution in [-0.2, 0) is 46.6 Å². The third kappa shape index (κ3) is 11.9. The second-order valence-electron chi connectivity index (χ2n) is 10.1. The predicted molar refractivity (Wildman–Crippen MR) is 193 cm³/mol. The van der Waals surface area contributed by atoms with Crippen molar-refractivity contribution in [1.29, 1.82) is 0 Å². The van der Waals surface area contributed by atoms with Crippen LogP contribution in [-0.4, -0.2) is 64.1 Å². The number of fused-ring (bicyclic) bond motifs is 2. The van der Waals surface area contributed by atoms with Gasteiger partial charge in [-0.3, -0.25) is 37.8 Å². The molecule has 0 spiro atoms. The first-order chi connectivity index (χ1) is 24.1. The molecule has 19 nitrogen and oxygen atoms in total. The van der Waals surface area contributed by atoms with E-state index in [1.165, 1.54) is 11.6 Å². The fourth-order valence-electron chi connectivity index (χ4n) is 4.51. The van der Waals surface area contributed by atoms with Crippen LogP contribution in [0.3, 0.4) is 0 Å². The maximum Gasteiger partial charge on any atom is 1.00 e. The normalized spacial score (nSPS) is 11.0. The molecule has 0 saturated heterocycles. The van der Waals surface area contributed by atoms with Gasteiger partial charge in [0.1, 0.15) is 5.65 Å². The minimum Gasteiger partial charge on any atom is -0.769 e. The molecule has 27 heteroatoms. The van der Waals surface area contributed by atoms with Crippen LogP contribution in [0.2, 0.25) is 10.0 Å². The smallest absolute Gasteiger partial charge is 0.769 e. The molecule has 0 atom stereocenters. The van der Waals surface area contributed by atoms with Gasteiger partial charge < -0.3 is 18.8 Å². The first kappa shape index (κ1) is 46.1. The van der Waals surface area contributed by atoms with E-state index in [9.17, 15) is 27.6 Å². The van der Waals surface area contributed by atoms with Crippen molar-refractivity contribution in [2.45, 2.75) is 18.2 Å². The van der Waals surface area contributed by atoms with Crippen molar-refractivity contribution in [2.24, 2.45) is 14.1 Å². The van der Waals surface area contributed by atoms with Gasteiger partial charge in [-0.2, -0.15) is 13.4 Å². The minimum absolute atomic E-state index is 0. The van der Waals surface area contributed by atoms with Crippen molar-refractivity contribution in [2.75, 3.05) is 0 Å². The van der Waals surface area contributed by atoms with Crippen LogP contribution in [0.1, 0.15) is 11.1 Å². The molecule has 53 heavy (non-hydrogen) atoms. The summed E-state index contributed by atoms with van der Waals surface area (Å²) in [6.07, 6.45) is 0. The molecular weight excluding hydrogens is 861 g/mol. The molecule has 280 valence electrons. The summed E-state index contributed by atoms with van der Waals surface area (Å²) in [5.74, 6) is 0. The van der Waals surface area contributed by atoms with E-state index in [-0.39, 0.29) is 47.3 Å². The van der Waals surface area contributed by atoms with Gasteiger partial charge in [-0.1, -0.05) is 47.5 Å². The van der Waals surface area contributed by atoms with Crippen molar-refractivity contribution in [3.05, 3.63) is 116 Å². The summed E-state index contributed by atoms with van der Waals surface area (Å²) in [4.78, 5) is 58.7. The Kier molecular flexibility index (Phi) is 16.5. The summed E-state index contributed by atoms with van der Waals surface area (Å²) < 4.78 is 68.5. The van der Waals surface area contributed by atoms with E-state index >= 15 is 0 Å². The molecule has 0 radical (unpaired) electrons. The van der Waals surface area contributed by atoms with Gasteiger partial charge in [-0.15, -0.1) is 0 Å². The van der Waals surface area contributed by atoms with Crippen molar-refractivity contribution in [3.63, 3.8) is 0 Å². The minimum atomic E-state index is -4.67. The van der Waals surface area contributed by atoms with Crippen molar-refractivity contribution in [1.82, 2.24) is 38.2 Å². The number of rotatable bonds is 5. The summed E-state index contributed by atoms with van der Waals surface area (Å²) in [6.45, 7) is 0.424. The Bertz CT molecular complexity index is 2770. The number of nitrogens with one attached hydrogen (secondary N) is 3. The van der Waals surface area contributed by atoms with E-state index in [1.807, 2.05) is 12.1 Å². The van der Waals surface area contributed by atoms with E-state index in [0.29, 0.717) is 38.1 Å². The molecule has 2 aromatic carbocycles. The molecule has 0 aliphatic rings. The van der Waals surface area contributed by atoms with Gasteiger partial charge in [0.05, 0.1) is 13.1 Å². The molecule has 0 aliphatic heterocycles. The Labute approximate surface area is 343 Å².